The molecule has 0 N–H and O–H groups in total. The Bertz CT molecular complexity index is 853. The number of nitrogens with zero attached hydrogens (tertiary/aromatic N) is 3. The molecule has 124 valence electrons. The van der Waals surface area contributed by atoms with E-state index in [2.05, 4.69) is 47.1 Å². The molecule has 0 spiro atoms. The maximum absolute atomic E-state index is 5.31. The highest BCUT2D eigenvalue weighted by atomic mass is 32.1. The maximum Gasteiger partial charge on any atom is 0.186 e. The molecule has 1 aromatic heterocycles. The van der Waals surface area contributed by atoms with Crippen LogP contribution >= 0.6 is 11.3 Å². The van der Waals surface area contributed by atoms with Crippen molar-refractivity contribution in [3.8, 4) is 5.75 Å². The van der Waals surface area contributed by atoms with Gasteiger partial charge in [-0.15, -0.1) is 0 Å². The van der Waals surface area contributed by atoms with Gasteiger partial charge < -0.3 is 14.5 Å². The summed E-state index contributed by atoms with van der Waals surface area (Å²) < 4.78 is 6.50. The van der Waals surface area contributed by atoms with Gasteiger partial charge in [-0.25, -0.2) is 4.98 Å². The SMILES string of the molecule is COc1ccc2nc(N3CCN(c4ccccc4C)CC3)sc2c1. The fourth-order valence-electron chi connectivity index (χ4n) is 3.21. The molecule has 0 saturated carbocycles. The van der Waals surface area contributed by atoms with Crippen molar-refractivity contribution < 1.29 is 4.74 Å². The number of ether oxygens (including phenoxy) is 1. The lowest BCUT2D eigenvalue weighted by Crippen LogP contribution is -2.46. The Labute approximate surface area is 146 Å². The molecule has 4 rings (SSSR count). The maximum atomic E-state index is 5.31. The van der Waals surface area contributed by atoms with Crippen molar-refractivity contribution in [3.05, 3.63) is 48.0 Å². The van der Waals surface area contributed by atoms with E-state index < -0.39 is 0 Å². The lowest BCUT2D eigenvalue weighted by Gasteiger charge is -2.36. The summed E-state index contributed by atoms with van der Waals surface area (Å²) in [7, 11) is 1.70. The van der Waals surface area contributed by atoms with E-state index in [9.17, 15) is 0 Å². The minimum Gasteiger partial charge on any atom is -0.497 e. The molecule has 4 nitrogen and oxygen atoms in total. The molecule has 0 amide bonds. The zero-order chi connectivity index (χ0) is 16.5. The molecule has 1 aliphatic rings. The Balaban J connectivity index is 1.50. The van der Waals surface area contributed by atoms with Crippen LogP contribution in [0.2, 0.25) is 0 Å². The zero-order valence-corrected chi connectivity index (χ0v) is 14.8. The third kappa shape index (κ3) is 2.80. The number of rotatable bonds is 3. The Morgan fingerprint density at radius 1 is 1.00 bits per heavy atom. The summed E-state index contributed by atoms with van der Waals surface area (Å²) in [6.45, 7) is 6.26. The Morgan fingerprint density at radius 3 is 2.50 bits per heavy atom. The van der Waals surface area contributed by atoms with Crippen molar-refractivity contribution in [1.82, 2.24) is 4.98 Å². The van der Waals surface area contributed by atoms with Crippen molar-refractivity contribution in [1.29, 1.82) is 0 Å². The van der Waals surface area contributed by atoms with Gasteiger partial charge in [0.2, 0.25) is 0 Å². The first kappa shape index (κ1) is 15.3. The summed E-state index contributed by atoms with van der Waals surface area (Å²) in [5.41, 5.74) is 3.75. The van der Waals surface area contributed by atoms with Gasteiger partial charge in [0.15, 0.2) is 5.13 Å². The third-order valence-corrected chi connectivity index (χ3v) is 5.67. The number of benzene rings is 2. The van der Waals surface area contributed by atoms with Crippen molar-refractivity contribution in [3.63, 3.8) is 0 Å². The van der Waals surface area contributed by atoms with Gasteiger partial charge >= 0.3 is 0 Å². The molecular weight excluding hydrogens is 318 g/mol. The second-order valence-corrected chi connectivity index (χ2v) is 7.10. The molecule has 0 unspecified atom stereocenters. The summed E-state index contributed by atoms with van der Waals surface area (Å²) in [5.74, 6) is 0.891. The zero-order valence-electron chi connectivity index (χ0n) is 14.0. The average Bonchev–Trinajstić information content (AvgIpc) is 3.05. The normalized spacial score (nSPS) is 15.1. The fourth-order valence-corrected chi connectivity index (χ4v) is 4.26. The first-order valence-electron chi connectivity index (χ1n) is 8.25. The van der Waals surface area contributed by atoms with Crippen LogP contribution in [-0.2, 0) is 0 Å². The number of thiazole rings is 1. The molecule has 0 radical (unpaired) electrons. The minimum absolute atomic E-state index is 0.891. The first-order valence-corrected chi connectivity index (χ1v) is 9.06. The summed E-state index contributed by atoms with van der Waals surface area (Å²) >= 11 is 1.75. The highest BCUT2D eigenvalue weighted by Crippen LogP contribution is 2.32. The number of hydrogen-bond donors (Lipinski definition) is 0. The van der Waals surface area contributed by atoms with Crippen LogP contribution in [0.5, 0.6) is 5.75 Å². The van der Waals surface area contributed by atoms with Gasteiger partial charge in [-0.1, -0.05) is 29.5 Å². The molecule has 0 bridgehead atoms. The summed E-state index contributed by atoms with van der Waals surface area (Å²) in [5, 5.41) is 1.11. The lowest BCUT2D eigenvalue weighted by molar-refractivity contribution is 0.415. The van der Waals surface area contributed by atoms with Gasteiger partial charge in [0.1, 0.15) is 5.75 Å². The first-order chi connectivity index (χ1) is 11.7. The van der Waals surface area contributed by atoms with Crippen molar-refractivity contribution >= 4 is 32.4 Å². The van der Waals surface area contributed by atoms with Crippen molar-refractivity contribution in [2.24, 2.45) is 0 Å². The van der Waals surface area contributed by atoms with Crippen molar-refractivity contribution in [2.45, 2.75) is 6.92 Å². The highest BCUT2D eigenvalue weighted by molar-refractivity contribution is 7.22. The third-order valence-electron chi connectivity index (χ3n) is 4.59. The Hall–Kier alpha value is -2.27. The topological polar surface area (TPSA) is 28.6 Å². The van der Waals surface area contributed by atoms with Crippen LogP contribution in [0.3, 0.4) is 0 Å². The Kier molecular flexibility index (Phi) is 4.02. The fraction of sp³-hybridized carbons (Fsp3) is 0.316. The van der Waals surface area contributed by atoms with Crippen LogP contribution in [0.4, 0.5) is 10.8 Å². The van der Waals surface area contributed by atoms with Gasteiger partial charge in [0.25, 0.3) is 0 Å². The van der Waals surface area contributed by atoms with E-state index in [-0.39, 0.29) is 0 Å². The van der Waals surface area contributed by atoms with E-state index in [1.165, 1.54) is 16.0 Å². The van der Waals surface area contributed by atoms with Crippen molar-refractivity contribution in [2.75, 3.05) is 43.1 Å². The quantitative estimate of drug-likeness (QED) is 0.723. The highest BCUT2D eigenvalue weighted by Gasteiger charge is 2.20. The number of anilines is 2. The van der Waals surface area contributed by atoms with Crippen LogP contribution in [0.15, 0.2) is 42.5 Å². The lowest BCUT2D eigenvalue weighted by atomic mass is 10.1. The number of para-hydroxylation sites is 1. The predicted octanol–water partition coefficient (Wildman–Crippen LogP) is 3.94. The van der Waals surface area contributed by atoms with E-state index in [1.807, 2.05) is 12.1 Å². The van der Waals surface area contributed by atoms with Gasteiger partial charge in [0, 0.05) is 31.9 Å². The molecule has 5 heteroatoms. The number of fused-ring (bicyclic) bond motifs is 1. The number of piperazine rings is 1. The van der Waals surface area contributed by atoms with Gasteiger partial charge in [-0.2, -0.15) is 0 Å². The number of aromatic nitrogens is 1. The largest absolute Gasteiger partial charge is 0.497 e. The molecule has 1 fully saturated rings. The van der Waals surface area contributed by atoms with Crippen LogP contribution in [0.1, 0.15) is 5.56 Å². The van der Waals surface area contributed by atoms with E-state index in [1.54, 1.807) is 18.4 Å². The molecule has 2 aromatic carbocycles. The summed E-state index contributed by atoms with van der Waals surface area (Å²) in [6, 6.07) is 14.7. The molecule has 24 heavy (non-hydrogen) atoms. The van der Waals surface area contributed by atoms with Gasteiger partial charge in [-0.3, -0.25) is 0 Å². The average molecular weight is 339 g/mol. The summed E-state index contributed by atoms with van der Waals surface area (Å²) in [6.07, 6.45) is 0. The van der Waals surface area contributed by atoms with Gasteiger partial charge in [-0.05, 0) is 36.8 Å². The molecule has 3 aromatic rings. The Morgan fingerprint density at radius 2 is 1.75 bits per heavy atom. The molecule has 1 saturated heterocycles. The summed E-state index contributed by atoms with van der Waals surface area (Å²) in [4.78, 5) is 9.67. The molecular formula is C19H21N3OS. The standard InChI is InChI=1S/C19H21N3OS/c1-14-5-3-4-6-17(14)21-9-11-22(12-10-21)19-20-16-8-7-15(23-2)13-18(16)24-19/h3-8,13H,9-12H2,1-2H3. The van der Waals surface area contributed by atoms with E-state index >= 15 is 0 Å². The molecule has 0 aliphatic carbocycles. The van der Waals surface area contributed by atoms with E-state index in [0.717, 1.165) is 42.6 Å². The van der Waals surface area contributed by atoms with Crippen LogP contribution in [0, 0.1) is 6.92 Å². The van der Waals surface area contributed by atoms with E-state index in [0.29, 0.717) is 0 Å². The van der Waals surface area contributed by atoms with Crippen LogP contribution in [-0.4, -0.2) is 38.3 Å². The molecule has 2 heterocycles. The van der Waals surface area contributed by atoms with Crippen LogP contribution in [0.25, 0.3) is 10.2 Å². The second-order valence-electron chi connectivity index (χ2n) is 6.09. The second kappa shape index (κ2) is 6.32. The van der Waals surface area contributed by atoms with E-state index in [4.69, 9.17) is 9.72 Å². The minimum atomic E-state index is 0.891. The monoisotopic (exact) mass is 339 g/mol. The molecule has 1 aliphatic heterocycles. The predicted molar refractivity (Wildman–Crippen MR) is 102 cm³/mol. The number of aryl methyl sites for hydroxylation is 1. The van der Waals surface area contributed by atoms with Gasteiger partial charge in [0.05, 0.1) is 17.3 Å². The number of hydrogen-bond acceptors (Lipinski definition) is 5. The number of methoxy groups -OCH3 is 1. The van der Waals surface area contributed by atoms with Crippen LogP contribution < -0.4 is 14.5 Å². The smallest absolute Gasteiger partial charge is 0.186 e. The molecule has 0 atom stereocenters.